The zero-order chi connectivity index (χ0) is 20.7. The number of aryl methyl sites for hydroxylation is 1. The Kier molecular flexibility index (Phi) is 5.25. The van der Waals surface area contributed by atoms with Gasteiger partial charge in [0, 0.05) is 4.88 Å². The number of nitrogens with zero attached hydrogens (tertiary/aromatic N) is 1. The van der Waals surface area contributed by atoms with Crippen LogP contribution in [-0.4, -0.2) is 29.7 Å². The molecule has 1 aliphatic carbocycles. The molecule has 0 fully saturated rings. The first-order valence-corrected chi connectivity index (χ1v) is 11.6. The van der Waals surface area contributed by atoms with Crippen LogP contribution in [0.5, 0.6) is 11.5 Å². The Morgan fingerprint density at radius 3 is 3.00 bits per heavy atom. The predicted octanol–water partition coefficient (Wildman–Crippen LogP) is 3.77. The van der Waals surface area contributed by atoms with E-state index < -0.39 is 0 Å². The number of aromatic nitrogens is 2. The minimum atomic E-state index is -0.0302. The van der Waals surface area contributed by atoms with E-state index >= 15 is 0 Å². The standard InChI is InChI=1S/C23H27N3O3S/c1-13-3-5-16-19(11-13)30-23-20(16)22(27)25-21(26-23)14(2)24-8-7-15-4-6-17-18(12-15)29-10-9-28-17/h4,6,12-14,24H,3,5,7-11H2,1-2H3,(H,25,26,27)/t13-,14-/m1/s1. The largest absolute Gasteiger partial charge is 0.486 e. The Balaban J connectivity index is 1.28. The van der Waals surface area contributed by atoms with Crippen LogP contribution in [0, 0.1) is 5.92 Å². The van der Waals surface area contributed by atoms with Gasteiger partial charge in [0.2, 0.25) is 0 Å². The Morgan fingerprint density at radius 2 is 2.13 bits per heavy atom. The van der Waals surface area contributed by atoms with Gasteiger partial charge in [0.25, 0.3) is 5.56 Å². The number of benzene rings is 1. The zero-order valence-electron chi connectivity index (χ0n) is 17.4. The highest BCUT2D eigenvalue weighted by atomic mass is 32.1. The van der Waals surface area contributed by atoms with Crippen LogP contribution in [0.3, 0.4) is 0 Å². The maximum atomic E-state index is 12.8. The fraction of sp³-hybridized carbons (Fsp3) is 0.478. The first-order chi connectivity index (χ1) is 14.6. The van der Waals surface area contributed by atoms with Crippen molar-refractivity contribution in [1.29, 1.82) is 0 Å². The van der Waals surface area contributed by atoms with Gasteiger partial charge in [-0.05, 0) is 68.3 Å². The quantitative estimate of drug-likeness (QED) is 0.651. The van der Waals surface area contributed by atoms with Gasteiger partial charge in [0.05, 0.1) is 11.4 Å². The third-order valence-corrected chi connectivity index (χ3v) is 7.21. The van der Waals surface area contributed by atoms with Crippen LogP contribution in [-0.2, 0) is 19.3 Å². The van der Waals surface area contributed by atoms with Gasteiger partial charge in [-0.3, -0.25) is 4.79 Å². The summed E-state index contributed by atoms with van der Waals surface area (Å²) < 4.78 is 11.2. The molecule has 0 amide bonds. The van der Waals surface area contributed by atoms with E-state index in [2.05, 4.69) is 23.3 Å². The van der Waals surface area contributed by atoms with E-state index in [4.69, 9.17) is 14.5 Å². The fourth-order valence-electron chi connectivity index (χ4n) is 4.34. The molecule has 0 bridgehead atoms. The number of rotatable bonds is 5. The van der Waals surface area contributed by atoms with E-state index in [-0.39, 0.29) is 11.6 Å². The number of hydrogen-bond donors (Lipinski definition) is 2. The van der Waals surface area contributed by atoms with E-state index in [9.17, 15) is 4.79 Å². The van der Waals surface area contributed by atoms with Crippen molar-refractivity contribution in [1.82, 2.24) is 15.3 Å². The van der Waals surface area contributed by atoms with E-state index in [1.165, 1.54) is 16.0 Å². The van der Waals surface area contributed by atoms with E-state index in [0.29, 0.717) is 25.0 Å². The molecule has 30 heavy (non-hydrogen) atoms. The molecule has 0 saturated heterocycles. The Morgan fingerprint density at radius 1 is 1.30 bits per heavy atom. The van der Waals surface area contributed by atoms with Crippen molar-refractivity contribution in [2.45, 2.75) is 45.6 Å². The number of H-pyrrole nitrogens is 1. The maximum absolute atomic E-state index is 12.8. The summed E-state index contributed by atoms with van der Waals surface area (Å²) in [5.74, 6) is 3.03. The number of nitrogens with one attached hydrogen (secondary N) is 2. The van der Waals surface area contributed by atoms with Crippen LogP contribution in [0.25, 0.3) is 10.2 Å². The van der Waals surface area contributed by atoms with Crippen molar-refractivity contribution in [2.75, 3.05) is 19.8 Å². The lowest BCUT2D eigenvalue weighted by molar-refractivity contribution is 0.171. The minimum absolute atomic E-state index is 0.00235. The third-order valence-electron chi connectivity index (χ3n) is 6.06. The Bertz CT molecular complexity index is 1140. The molecular formula is C23H27N3O3S. The van der Waals surface area contributed by atoms with Gasteiger partial charge in [-0.2, -0.15) is 0 Å². The molecule has 2 atom stereocenters. The van der Waals surface area contributed by atoms with Gasteiger partial charge in [-0.15, -0.1) is 11.3 Å². The lowest BCUT2D eigenvalue weighted by Crippen LogP contribution is -2.25. The smallest absolute Gasteiger partial charge is 0.259 e. The zero-order valence-corrected chi connectivity index (χ0v) is 18.2. The van der Waals surface area contributed by atoms with Crippen LogP contribution >= 0.6 is 11.3 Å². The minimum Gasteiger partial charge on any atom is -0.486 e. The fourth-order valence-corrected chi connectivity index (χ4v) is 5.73. The van der Waals surface area contributed by atoms with Crippen molar-refractivity contribution in [2.24, 2.45) is 5.92 Å². The molecular weight excluding hydrogens is 398 g/mol. The highest BCUT2D eigenvalue weighted by Gasteiger charge is 2.23. The summed E-state index contributed by atoms with van der Waals surface area (Å²) in [6, 6.07) is 6.06. The number of aromatic amines is 1. The lowest BCUT2D eigenvalue weighted by Gasteiger charge is -2.19. The van der Waals surface area contributed by atoms with E-state index in [1.807, 2.05) is 19.1 Å². The van der Waals surface area contributed by atoms with Crippen LogP contribution in [0.2, 0.25) is 0 Å². The second-order valence-electron chi connectivity index (χ2n) is 8.39. The van der Waals surface area contributed by atoms with Gasteiger partial charge >= 0.3 is 0 Å². The monoisotopic (exact) mass is 425 g/mol. The average Bonchev–Trinajstić information content (AvgIpc) is 3.11. The highest BCUT2D eigenvalue weighted by Crippen LogP contribution is 2.36. The first-order valence-electron chi connectivity index (χ1n) is 10.7. The Labute approximate surface area is 179 Å². The molecule has 0 saturated carbocycles. The summed E-state index contributed by atoms with van der Waals surface area (Å²) in [4.78, 5) is 22.9. The molecule has 2 aliphatic rings. The van der Waals surface area contributed by atoms with E-state index in [0.717, 1.165) is 53.9 Å². The molecule has 1 aliphatic heterocycles. The Hall–Kier alpha value is -2.38. The van der Waals surface area contributed by atoms with Gasteiger partial charge in [-0.1, -0.05) is 13.0 Å². The number of hydrogen-bond acceptors (Lipinski definition) is 6. The molecule has 0 spiro atoms. The van der Waals surface area contributed by atoms with Gasteiger partial charge in [-0.25, -0.2) is 4.98 Å². The molecule has 3 aromatic rings. The van der Waals surface area contributed by atoms with Crippen molar-refractivity contribution in [3.8, 4) is 11.5 Å². The first kappa shape index (κ1) is 19.6. The number of ether oxygens (including phenoxy) is 2. The summed E-state index contributed by atoms with van der Waals surface area (Å²) in [6.07, 6.45) is 4.06. The molecule has 7 heteroatoms. The van der Waals surface area contributed by atoms with E-state index in [1.54, 1.807) is 11.3 Å². The van der Waals surface area contributed by atoms with Crippen LogP contribution < -0.4 is 20.3 Å². The average molecular weight is 426 g/mol. The summed E-state index contributed by atoms with van der Waals surface area (Å²) in [7, 11) is 0. The molecule has 0 unspecified atom stereocenters. The molecule has 5 rings (SSSR count). The normalized spacial score (nSPS) is 18.9. The third kappa shape index (κ3) is 3.72. The van der Waals surface area contributed by atoms with Crippen LogP contribution in [0.4, 0.5) is 0 Å². The van der Waals surface area contributed by atoms with Crippen molar-refractivity contribution < 1.29 is 9.47 Å². The highest BCUT2D eigenvalue weighted by molar-refractivity contribution is 7.18. The topological polar surface area (TPSA) is 76.2 Å². The van der Waals surface area contributed by atoms with Gasteiger partial charge < -0.3 is 19.8 Å². The van der Waals surface area contributed by atoms with Crippen molar-refractivity contribution >= 4 is 21.6 Å². The molecule has 158 valence electrons. The molecule has 6 nitrogen and oxygen atoms in total. The van der Waals surface area contributed by atoms with Crippen LogP contribution in [0.15, 0.2) is 23.0 Å². The van der Waals surface area contributed by atoms with Gasteiger partial charge in [0.15, 0.2) is 11.5 Å². The summed E-state index contributed by atoms with van der Waals surface area (Å²) in [5.41, 5.74) is 2.42. The molecule has 1 aromatic carbocycles. The van der Waals surface area contributed by atoms with Crippen LogP contribution in [0.1, 0.15) is 48.1 Å². The molecule has 3 heterocycles. The lowest BCUT2D eigenvalue weighted by atomic mass is 9.89. The number of fused-ring (bicyclic) bond motifs is 4. The van der Waals surface area contributed by atoms with Crippen molar-refractivity contribution in [3.63, 3.8) is 0 Å². The number of thiophene rings is 1. The predicted molar refractivity (Wildman–Crippen MR) is 119 cm³/mol. The molecule has 2 N–H and O–H groups in total. The summed E-state index contributed by atoms with van der Waals surface area (Å²) in [5, 5.41) is 4.30. The summed E-state index contributed by atoms with van der Waals surface area (Å²) >= 11 is 1.70. The summed E-state index contributed by atoms with van der Waals surface area (Å²) in [6.45, 7) is 6.31. The molecule has 0 radical (unpaired) electrons. The maximum Gasteiger partial charge on any atom is 0.259 e. The second kappa shape index (κ2) is 8.04. The second-order valence-corrected chi connectivity index (χ2v) is 9.47. The SMILES string of the molecule is C[C@@H]1CCc2c(sc3nc([C@@H](C)NCCc4ccc5c(c4)OCCO5)[nH]c(=O)c23)C1. The molecule has 2 aromatic heterocycles. The van der Waals surface area contributed by atoms with Gasteiger partial charge in [0.1, 0.15) is 23.9 Å². The van der Waals surface area contributed by atoms with Crippen molar-refractivity contribution in [3.05, 3.63) is 50.4 Å².